The molecule has 0 radical (unpaired) electrons. The fourth-order valence-corrected chi connectivity index (χ4v) is 8.17. The minimum atomic E-state index is -1.05. The maximum Gasteiger partial charge on any atom is 0.339 e. The van der Waals surface area contributed by atoms with Crippen molar-refractivity contribution in [3.63, 3.8) is 0 Å². The highest BCUT2D eigenvalue weighted by atomic mass is 16.6. The molecular weight excluding hydrogens is 400 g/mol. The van der Waals surface area contributed by atoms with E-state index in [0.29, 0.717) is 36.2 Å². The van der Waals surface area contributed by atoms with Gasteiger partial charge in [-0.2, -0.15) is 0 Å². The Hall–Kier alpha value is -2.23. The van der Waals surface area contributed by atoms with E-state index in [0.717, 1.165) is 38.5 Å². The van der Waals surface area contributed by atoms with Crippen molar-refractivity contribution in [2.24, 2.45) is 28.6 Å². The van der Waals surface area contributed by atoms with Crippen LogP contribution >= 0.6 is 0 Å². The molecule has 3 saturated carbocycles. The first-order valence-corrected chi connectivity index (χ1v) is 12.2. The summed E-state index contributed by atoms with van der Waals surface area (Å²) in [4.78, 5) is 38.3. The largest absolute Gasteiger partial charge is 0.447 e. The zero-order valence-electron chi connectivity index (χ0n) is 19.5. The van der Waals surface area contributed by atoms with Crippen LogP contribution in [0.2, 0.25) is 0 Å². The SMILES string of the molecule is CC(=O)[C@@]1(OC(=O)c2ccccc2)CC[C@H]2[C@@H]3CCC4=CC(=O)CC[C@]4(C)[C@H]3CC[C@@]21C. The topological polar surface area (TPSA) is 60.4 Å². The molecule has 6 atom stereocenters. The van der Waals surface area contributed by atoms with Gasteiger partial charge in [-0.25, -0.2) is 4.79 Å². The first-order valence-electron chi connectivity index (χ1n) is 12.2. The van der Waals surface area contributed by atoms with Crippen LogP contribution in [0, 0.1) is 28.6 Å². The fourth-order valence-electron chi connectivity index (χ4n) is 8.17. The van der Waals surface area contributed by atoms with Gasteiger partial charge in [0.05, 0.1) is 5.56 Å². The number of carbonyl (C=O) groups is 3. The van der Waals surface area contributed by atoms with Gasteiger partial charge in [-0.3, -0.25) is 9.59 Å². The summed E-state index contributed by atoms with van der Waals surface area (Å²) in [5.74, 6) is 1.29. The second-order valence-corrected chi connectivity index (χ2v) is 11.1. The summed E-state index contributed by atoms with van der Waals surface area (Å²) in [5, 5.41) is 0. The molecule has 3 fully saturated rings. The van der Waals surface area contributed by atoms with Gasteiger partial charge < -0.3 is 4.74 Å². The monoisotopic (exact) mass is 434 g/mol. The summed E-state index contributed by atoms with van der Waals surface area (Å²) in [6, 6.07) is 9.02. The van der Waals surface area contributed by atoms with Gasteiger partial charge in [0, 0.05) is 11.8 Å². The van der Waals surface area contributed by atoms with Gasteiger partial charge in [-0.1, -0.05) is 37.6 Å². The number of esters is 1. The first-order chi connectivity index (χ1) is 15.2. The molecule has 0 N–H and O–H groups in total. The molecule has 0 amide bonds. The van der Waals surface area contributed by atoms with Gasteiger partial charge in [0.25, 0.3) is 0 Å². The van der Waals surface area contributed by atoms with E-state index in [4.69, 9.17) is 4.74 Å². The maximum atomic E-state index is 13.2. The molecule has 4 aliphatic carbocycles. The summed E-state index contributed by atoms with van der Waals surface area (Å²) in [7, 11) is 0. The summed E-state index contributed by atoms with van der Waals surface area (Å²) in [6.45, 7) is 6.18. The van der Waals surface area contributed by atoms with Crippen molar-refractivity contribution in [1.29, 1.82) is 0 Å². The smallest absolute Gasteiger partial charge is 0.339 e. The fraction of sp³-hybridized carbons (Fsp3) is 0.607. The molecule has 0 saturated heterocycles. The zero-order valence-corrected chi connectivity index (χ0v) is 19.5. The Morgan fingerprint density at radius 1 is 0.938 bits per heavy atom. The lowest BCUT2D eigenvalue weighted by Crippen LogP contribution is -2.58. The Morgan fingerprint density at radius 2 is 1.66 bits per heavy atom. The predicted octanol–water partition coefficient (Wildman–Crippen LogP) is 5.70. The Labute approximate surface area is 190 Å². The molecule has 1 aromatic carbocycles. The molecular formula is C28H34O4. The highest BCUT2D eigenvalue weighted by Gasteiger charge is 2.67. The lowest BCUT2D eigenvalue weighted by molar-refractivity contribution is -0.161. The van der Waals surface area contributed by atoms with Gasteiger partial charge >= 0.3 is 5.97 Å². The van der Waals surface area contributed by atoms with Crippen molar-refractivity contribution < 1.29 is 19.1 Å². The minimum Gasteiger partial charge on any atom is -0.447 e. The van der Waals surface area contributed by atoms with E-state index in [1.165, 1.54) is 5.57 Å². The quantitative estimate of drug-likeness (QED) is 0.572. The van der Waals surface area contributed by atoms with Crippen molar-refractivity contribution in [3.8, 4) is 0 Å². The molecule has 4 aliphatic rings. The molecule has 4 nitrogen and oxygen atoms in total. The highest BCUT2D eigenvalue weighted by molar-refractivity contribution is 5.95. The van der Waals surface area contributed by atoms with Crippen LogP contribution in [0.15, 0.2) is 42.0 Å². The van der Waals surface area contributed by atoms with Crippen molar-refractivity contribution in [2.45, 2.75) is 77.7 Å². The van der Waals surface area contributed by atoms with E-state index in [1.807, 2.05) is 24.3 Å². The Morgan fingerprint density at radius 3 is 2.38 bits per heavy atom. The van der Waals surface area contributed by atoms with Crippen LogP contribution in [0.25, 0.3) is 0 Å². The van der Waals surface area contributed by atoms with Crippen LogP contribution in [0.4, 0.5) is 0 Å². The Bertz CT molecular complexity index is 994. The van der Waals surface area contributed by atoms with Crippen molar-refractivity contribution in [2.75, 3.05) is 0 Å². The number of ether oxygens (including phenoxy) is 1. The molecule has 32 heavy (non-hydrogen) atoms. The maximum absolute atomic E-state index is 13.2. The van der Waals surface area contributed by atoms with Gasteiger partial charge in [0.1, 0.15) is 0 Å². The predicted molar refractivity (Wildman–Crippen MR) is 122 cm³/mol. The Balaban J connectivity index is 1.47. The van der Waals surface area contributed by atoms with E-state index in [2.05, 4.69) is 13.8 Å². The van der Waals surface area contributed by atoms with Crippen LogP contribution in [0.5, 0.6) is 0 Å². The molecule has 0 aromatic heterocycles. The lowest BCUT2D eigenvalue weighted by Gasteiger charge is -2.59. The van der Waals surface area contributed by atoms with Crippen LogP contribution in [-0.4, -0.2) is 23.1 Å². The number of rotatable bonds is 3. The lowest BCUT2D eigenvalue weighted by atomic mass is 9.46. The van der Waals surface area contributed by atoms with Crippen molar-refractivity contribution in [1.82, 2.24) is 0 Å². The third-order valence-electron chi connectivity index (χ3n) is 9.93. The van der Waals surface area contributed by atoms with Crippen molar-refractivity contribution in [3.05, 3.63) is 47.5 Å². The summed E-state index contributed by atoms with van der Waals surface area (Å²) in [5.41, 5.74) is 0.563. The van der Waals surface area contributed by atoms with Gasteiger partial charge in [-0.05, 0) is 93.2 Å². The normalized spacial score (nSPS) is 40.5. The van der Waals surface area contributed by atoms with Gasteiger partial charge in [-0.15, -0.1) is 0 Å². The van der Waals surface area contributed by atoms with E-state index in [1.54, 1.807) is 19.1 Å². The number of Topliss-reactive ketones (excluding diaryl/α,β-unsaturated/α-hetero) is 1. The zero-order chi connectivity index (χ0) is 22.7. The molecule has 0 heterocycles. The van der Waals surface area contributed by atoms with E-state index < -0.39 is 11.6 Å². The van der Waals surface area contributed by atoms with Crippen LogP contribution in [0.1, 0.15) is 82.5 Å². The van der Waals surface area contributed by atoms with Gasteiger partial charge in [0.2, 0.25) is 0 Å². The molecule has 170 valence electrons. The molecule has 0 unspecified atom stereocenters. The number of fused-ring (bicyclic) bond motifs is 5. The Kier molecular flexibility index (Phi) is 4.99. The van der Waals surface area contributed by atoms with Gasteiger partial charge in [0.15, 0.2) is 17.2 Å². The van der Waals surface area contributed by atoms with E-state index in [-0.39, 0.29) is 22.4 Å². The highest BCUT2D eigenvalue weighted by Crippen LogP contribution is 2.68. The van der Waals surface area contributed by atoms with E-state index >= 15 is 0 Å². The summed E-state index contributed by atoms with van der Waals surface area (Å²) in [6.07, 6.45) is 9.03. The molecule has 5 rings (SSSR count). The second-order valence-electron chi connectivity index (χ2n) is 11.1. The summed E-state index contributed by atoms with van der Waals surface area (Å²) >= 11 is 0. The number of hydrogen-bond donors (Lipinski definition) is 0. The molecule has 0 bridgehead atoms. The average molecular weight is 435 g/mol. The number of carbonyl (C=O) groups excluding carboxylic acids is 3. The third kappa shape index (κ3) is 2.90. The van der Waals surface area contributed by atoms with Crippen molar-refractivity contribution >= 4 is 17.5 Å². The molecule has 0 aliphatic heterocycles. The molecule has 1 aromatic rings. The van der Waals surface area contributed by atoms with Crippen LogP contribution in [-0.2, 0) is 14.3 Å². The number of allylic oxidation sites excluding steroid dienone is 1. The standard InChI is InChI=1S/C28H34O4/c1-18(29)28(32-25(31)19-7-5-4-6-8-19)16-13-24-22-10-9-20-17-21(30)11-14-26(20,2)23(22)12-15-27(24,28)3/h4-8,17,22-24H,9-16H2,1-3H3/t22-,23+,24+,26+,27+,28+/m1/s1. The second kappa shape index (κ2) is 7.40. The number of hydrogen-bond acceptors (Lipinski definition) is 4. The average Bonchev–Trinajstić information content (AvgIpc) is 3.08. The number of ketones is 2. The minimum absolute atomic E-state index is 0.0175. The molecule has 0 spiro atoms. The van der Waals surface area contributed by atoms with Crippen LogP contribution < -0.4 is 0 Å². The summed E-state index contributed by atoms with van der Waals surface area (Å²) < 4.78 is 6.20. The third-order valence-corrected chi connectivity index (χ3v) is 9.93. The number of benzene rings is 1. The first kappa shape index (κ1) is 21.6. The molecule has 4 heteroatoms. The van der Waals surface area contributed by atoms with E-state index in [9.17, 15) is 14.4 Å². The van der Waals surface area contributed by atoms with Crippen LogP contribution in [0.3, 0.4) is 0 Å².